The van der Waals surface area contributed by atoms with Gasteiger partial charge in [-0.25, -0.2) is 8.42 Å². The maximum Gasteiger partial charge on any atom is 0.387 e. The van der Waals surface area contributed by atoms with Gasteiger partial charge >= 0.3 is 6.61 Å². The van der Waals surface area contributed by atoms with E-state index in [-0.39, 0.29) is 23.1 Å². The van der Waals surface area contributed by atoms with Crippen molar-refractivity contribution in [3.63, 3.8) is 0 Å². The van der Waals surface area contributed by atoms with Crippen LogP contribution in [-0.2, 0) is 10.0 Å². The number of piperidine rings is 1. The van der Waals surface area contributed by atoms with Gasteiger partial charge in [-0.3, -0.25) is 0 Å². The van der Waals surface area contributed by atoms with Crippen LogP contribution in [0.5, 0.6) is 5.75 Å². The summed E-state index contributed by atoms with van der Waals surface area (Å²) in [5.41, 5.74) is 0. The zero-order chi connectivity index (χ0) is 16.9. The zero-order valence-electron chi connectivity index (χ0n) is 13.5. The lowest BCUT2D eigenvalue weighted by molar-refractivity contribution is -0.0518. The molecule has 1 aliphatic heterocycles. The monoisotopic (exact) mass is 384 g/mol. The van der Waals surface area contributed by atoms with Gasteiger partial charge in [-0.05, 0) is 44.0 Å². The fourth-order valence-corrected chi connectivity index (χ4v) is 4.29. The summed E-state index contributed by atoms with van der Waals surface area (Å²) >= 11 is 0. The van der Waals surface area contributed by atoms with E-state index in [4.69, 9.17) is 0 Å². The molecule has 0 radical (unpaired) electrons. The lowest BCUT2D eigenvalue weighted by Gasteiger charge is -2.31. The molecular weight excluding hydrogens is 362 g/mol. The Morgan fingerprint density at radius 2 is 1.92 bits per heavy atom. The highest BCUT2D eigenvalue weighted by Crippen LogP contribution is 2.30. The zero-order valence-corrected chi connectivity index (χ0v) is 15.1. The first-order chi connectivity index (χ1) is 10.9. The van der Waals surface area contributed by atoms with E-state index >= 15 is 0 Å². The summed E-state index contributed by atoms with van der Waals surface area (Å²) in [7, 11) is -3.83. The lowest BCUT2D eigenvalue weighted by atomic mass is 9.98. The number of rotatable bonds is 7. The Hall–Kier alpha value is -0.960. The van der Waals surface area contributed by atoms with Gasteiger partial charge in [-0.1, -0.05) is 19.1 Å². The van der Waals surface area contributed by atoms with Gasteiger partial charge in [0.05, 0.1) is 0 Å². The molecule has 1 aromatic rings. The van der Waals surface area contributed by atoms with Crippen LogP contribution >= 0.6 is 12.4 Å². The number of nitrogens with zero attached hydrogens (tertiary/aromatic N) is 1. The largest absolute Gasteiger partial charge is 0.433 e. The number of benzene rings is 1. The van der Waals surface area contributed by atoms with Crippen LogP contribution in [0.2, 0.25) is 0 Å². The molecule has 24 heavy (non-hydrogen) atoms. The van der Waals surface area contributed by atoms with Crippen LogP contribution in [0.1, 0.15) is 19.8 Å². The molecule has 0 bridgehead atoms. The number of para-hydroxylation sites is 1. The number of alkyl halides is 2. The van der Waals surface area contributed by atoms with E-state index in [2.05, 4.69) is 10.1 Å². The molecule has 1 N–H and O–H groups in total. The molecule has 9 heteroatoms. The Bertz CT molecular complexity index is 608. The number of nitrogens with one attached hydrogen (secondary N) is 1. The predicted molar refractivity (Wildman–Crippen MR) is 90.3 cm³/mol. The van der Waals surface area contributed by atoms with Gasteiger partial charge in [0.15, 0.2) is 0 Å². The van der Waals surface area contributed by atoms with E-state index in [1.54, 1.807) is 0 Å². The maximum atomic E-state index is 12.7. The van der Waals surface area contributed by atoms with Crippen LogP contribution in [-0.4, -0.2) is 45.5 Å². The lowest BCUT2D eigenvalue weighted by Crippen LogP contribution is -2.40. The van der Waals surface area contributed by atoms with Crippen molar-refractivity contribution in [2.24, 2.45) is 5.92 Å². The predicted octanol–water partition coefficient (Wildman–Crippen LogP) is 2.72. The van der Waals surface area contributed by atoms with Crippen molar-refractivity contribution in [2.75, 3.05) is 26.2 Å². The molecule has 0 unspecified atom stereocenters. The minimum Gasteiger partial charge on any atom is -0.433 e. The minimum atomic E-state index is -3.83. The summed E-state index contributed by atoms with van der Waals surface area (Å²) in [4.78, 5) is -0.203. The number of halogens is 3. The molecule has 0 atom stereocenters. The topological polar surface area (TPSA) is 58.6 Å². The maximum absolute atomic E-state index is 12.7. The van der Waals surface area contributed by atoms with E-state index in [0.717, 1.165) is 25.9 Å². The molecule has 0 aromatic heterocycles. The average molecular weight is 385 g/mol. The van der Waals surface area contributed by atoms with Crippen molar-refractivity contribution in [2.45, 2.75) is 31.3 Å². The average Bonchev–Trinajstić information content (AvgIpc) is 2.53. The second kappa shape index (κ2) is 9.50. The number of hydrogen-bond donors (Lipinski definition) is 1. The molecule has 1 aliphatic rings. The second-order valence-corrected chi connectivity index (χ2v) is 7.39. The van der Waals surface area contributed by atoms with E-state index in [1.807, 2.05) is 6.92 Å². The quantitative estimate of drug-likeness (QED) is 0.785. The molecule has 5 nitrogen and oxygen atoms in total. The number of hydrogen-bond acceptors (Lipinski definition) is 4. The minimum absolute atomic E-state index is 0. The van der Waals surface area contributed by atoms with Crippen LogP contribution in [0.25, 0.3) is 0 Å². The molecule has 0 spiro atoms. The van der Waals surface area contributed by atoms with Crippen LogP contribution in [0, 0.1) is 5.92 Å². The first-order valence-electron chi connectivity index (χ1n) is 7.70. The molecule has 1 heterocycles. The molecule has 0 amide bonds. The molecular formula is C15H23ClF2N2O3S. The summed E-state index contributed by atoms with van der Waals surface area (Å²) in [6, 6.07) is 5.53. The smallest absolute Gasteiger partial charge is 0.387 e. The highest BCUT2D eigenvalue weighted by molar-refractivity contribution is 7.89. The van der Waals surface area contributed by atoms with Crippen molar-refractivity contribution in [3.8, 4) is 5.75 Å². The normalized spacial score (nSPS) is 16.8. The Balaban J connectivity index is 0.00000288. The molecule has 1 fully saturated rings. The number of ether oxygens (including phenoxy) is 1. The van der Waals surface area contributed by atoms with Crippen molar-refractivity contribution in [1.29, 1.82) is 0 Å². The first kappa shape index (κ1) is 21.1. The van der Waals surface area contributed by atoms with Gasteiger partial charge in [0.2, 0.25) is 10.0 Å². The van der Waals surface area contributed by atoms with Gasteiger partial charge in [0.25, 0.3) is 0 Å². The summed E-state index contributed by atoms with van der Waals surface area (Å²) in [5.74, 6) is 0.131. The third-order valence-corrected chi connectivity index (χ3v) is 5.88. The highest BCUT2D eigenvalue weighted by Gasteiger charge is 2.31. The third kappa shape index (κ3) is 5.27. The molecule has 0 aliphatic carbocycles. The fraction of sp³-hybridized carbons (Fsp3) is 0.600. The van der Waals surface area contributed by atoms with E-state index in [0.29, 0.717) is 19.0 Å². The van der Waals surface area contributed by atoms with Gasteiger partial charge in [0, 0.05) is 13.1 Å². The fourth-order valence-electron chi connectivity index (χ4n) is 2.70. The Morgan fingerprint density at radius 1 is 1.29 bits per heavy atom. The molecule has 2 rings (SSSR count). The van der Waals surface area contributed by atoms with E-state index in [1.165, 1.54) is 28.6 Å². The van der Waals surface area contributed by atoms with Gasteiger partial charge in [-0.2, -0.15) is 13.1 Å². The van der Waals surface area contributed by atoms with Crippen LogP contribution in [0.4, 0.5) is 8.78 Å². The SMILES string of the molecule is CCNCC1CCN(S(=O)(=O)c2ccccc2OC(F)F)CC1.Cl. The van der Waals surface area contributed by atoms with Gasteiger partial charge in [0.1, 0.15) is 10.6 Å². The summed E-state index contributed by atoms with van der Waals surface area (Å²) in [5, 5.41) is 3.26. The van der Waals surface area contributed by atoms with Crippen molar-refractivity contribution < 1.29 is 21.9 Å². The Labute approximate surface area is 147 Å². The van der Waals surface area contributed by atoms with Crippen LogP contribution < -0.4 is 10.1 Å². The highest BCUT2D eigenvalue weighted by atomic mass is 35.5. The van der Waals surface area contributed by atoms with E-state index in [9.17, 15) is 17.2 Å². The Kier molecular flexibility index (Phi) is 8.35. The van der Waals surface area contributed by atoms with Crippen LogP contribution in [0.15, 0.2) is 29.2 Å². The molecule has 1 saturated heterocycles. The first-order valence-corrected chi connectivity index (χ1v) is 9.14. The van der Waals surface area contributed by atoms with E-state index < -0.39 is 16.6 Å². The standard InChI is InChI=1S/C15H22F2N2O3S.ClH/c1-2-18-11-12-7-9-19(10-8-12)23(20,21)14-6-4-3-5-13(14)22-15(16)17;/h3-6,12,15,18H,2,7-11H2,1H3;1H. The van der Waals surface area contributed by atoms with Crippen molar-refractivity contribution in [3.05, 3.63) is 24.3 Å². The molecule has 1 aromatic carbocycles. The van der Waals surface area contributed by atoms with Crippen molar-refractivity contribution in [1.82, 2.24) is 9.62 Å². The molecule has 138 valence electrons. The Morgan fingerprint density at radius 3 is 2.50 bits per heavy atom. The van der Waals surface area contributed by atoms with Gasteiger partial charge < -0.3 is 10.1 Å². The third-order valence-electron chi connectivity index (χ3n) is 3.94. The summed E-state index contributed by atoms with van der Waals surface area (Å²) in [6.07, 6.45) is 1.51. The van der Waals surface area contributed by atoms with Gasteiger partial charge in [-0.15, -0.1) is 12.4 Å². The second-order valence-electron chi connectivity index (χ2n) is 5.48. The number of sulfonamides is 1. The van der Waals surface area contributed by atoms with Crippen molar-refractivity contribution >= 4 is 22.4 Å². The molecule has 0 saturated carbocycles. The summed E-state index contributed by atoms with van der Waals surface area (Å²) in [6.45, 7) is 1.51. The summed E-state index contributed by atoms with van der Waals surface area (Å²) < 4.78 is 56.0. The van der Waals surface area contributed by atoms with Crippen LogP contribution in [0.3, 0.4) is 0 Å².